The third-order valence-corrected chi connectivity index (χ3v) is 5.63. The number of aliphatic carboxylic acids is 1. The van der Waals surface area contributed by atoms with Crippen LogP contribution >= 0.6 is 0 Å². The zero-order valence-corrected chi connectivity index (χ0v) is 21.0. The van der Waals surface area contributed by atoms with E-state index >= 15 is 0 Å². The molecule has 0 radical (unpaired) electrons. The van der Waals surface area contributed by atoms with E-state index < -0.39 is 12.1 Å². The van der Waals surface area contributed by atoms with Gasteiger partial charge in [0.1, 0.15) is 13.2 Å². The maximum Gasteiger partial charge on any atom is 0.306 e. The standard InChI is InChI=1S/C27H28N2O5.C2H6/c1-18-20(3-2-4-24(18)21-7-10-25-26(13-21)34-12-11-33-25)6-9-22-8-5-19(16-29-22)15-28-17-23(30)14-27(31)32;1-2/h2-10,13,16,23,28,30H,11-12,14-15,17H2,1H3,(H,31,32);1-2H3/b9-6+;. The van der Waals surface area contributed by atoms with Crippen molar-refractivity contribution in [3.8, 4) is 22.6 Å². The Morgan fingerprint density at radius 2 is 1.86 bits per heavy atom. The first-order valence-corrected chi connectivity index (χ1v) is 12.2. The summed E-state index contributed by atoms with van der Waals surface area (Å²) in [6, 6.07) is 16.2. The van der Waals surface area contributed by atoms with Crippen molar-refractivity contribution < 1.29 is 24.5 Å². The summed E-state index contributed by atoms with van der Waals surface area (Å²) in [5.41, 5.74) is 6.28. The molecule has 7 heteroatoms. The summed E-state index contributed by atoms with van der Waals surface area (Å²) in [5.74, 6) is 0.545. The number of nitrogens with one attached hydrogen (secondary N) is 1. The van der Waals surface area contributed by atoms with Crippen LogP contribution in [0.1, 0.15) is 42.7 Å². The van der Waals surface area contributed by atoms with Crippen LogP contribution in [-0.4, -0.2) is 47.0 Å². The van der Waals surface area contributed by atoms with Crippen molar-refractivity contribution in [3.05, 3.63) is 77.1 Å². The molecule has 4 rings (SSSR count). The quantitative estimate of drug-likeness (QED) is 0.390. The first-order chi connectivity index (χ1) is 17.5. The first-order valence-electron chi connectivity index (χ1n) is 12.2. The Morgan fingerprint density at radius 3 is 2.58 bits per heavy atom. The van der Waals surface area contributed by atoms with E-state index in [0.717, 1.165) is 45.0 Å². The molecule has 3 N–H and O–H groups in total. The van der Waals surface area contributed by atoms with Crippen LogP contribution in [0.2, 0.25) is 0 Å². The van der Waals surface area contributed by atoms with E-state index in [9.17, 15) is 9.90 Å². The van der Waals surface area contributed by atoms with Gasteiger partial charge in [0.15, 0.2) is 11.5 Å². The second kappa shape index (κ2) is 13.4. The summed E-state index contributed by atoms with van der Waals surface area (Å²) >= 11 is 0. The van der Waals surface area contributed by atoms with E-state index in [1.54, 1.807) is 6.20 Å². The van der Waals surface area contributed by atoms with Gasteiger partial charge in [0.2, 0.25) is 0 Å². The lowest BCUT2D eigenvalue weighted by molar-refractivity contribution is -0.139. The molecule has 1 atom stereocenters. The third-order valence-electron chi connectivity index (χ3n) is 5.63. The molecule has 0 bridgehead atoms. The van der Waals surface area contributed by atoms with Crippen molar-refractivity contribution in [2.75, 3.05) is 19.8 Å². The van der Waals surface area contributed by atoms with Gasteiger partial charge in [-0.25, -0.2) is 0 Å². The molecule has 0 saturated heterocycles. The Bertz CT molecular complexity index is 1170. The number of pyridine rings is 1. The highest BCUT2D eigenvalue weighted by Gasteiger charge is 2.14. The van der Waals surface area contributed by atoms with E-state index in [4.69, 9.17) is 14.6 Å². The number of aliphatic hydroxyl groups excluding tert-OH is 1. The summed E-state index contributed by atoms with van der Waals surface area (Å²) < 4.78 is 11.4. The van der Waals surface area contributed by atoms with E-state index in [1.807, 2.05) is 50.3 Å². The van der Waals surface area contributed by atoms with Gasteiger partial charge >= 0.3 is 5.97 Å². The smallest absolute Gasteiger partial charge is 0.306 e. The molecule has 1 aromatic heterocycles. The van der Waals surface area contributed by atoms with Crippen molar-refractivity contribution in [3.63, 3.8) is 0 Å². The molecule has 0 saturated carbocycles. The number of rotatable bonds is 9. The van der Waals surface area contributed by atoms with E-state index in [-0.39, 0.29) is 13.0 Å². The van der Waals surface area contributed by atoms with E-state index in [0.29, 0.717) is 19.8 Å². The fraction of sp³-hybridized carbons (Fsp3) is 0.310. The van der Waals surface area contributed by atoms with Gasteiger partial charge in [-0.1, -0.05) is 50.3 Å². The number of aliphatic hydroxyl groups is 1. The number of benzene rings is 2. The molecule has 2 heterocycles. The summed E-state index contributed by atoms with van der Waals surface area (Å²) in [6.07, 6.45) is 4.62. The monoisotopic (exact) mass is 490 g/mol. The van der Waals surface area contributed by atoms with Crippen LogP contribution in [0.25, 0.3) is 23.3 Å². The van der Waals surface area contributed by atoms with Crippen molar-refractivity contribution in [1.82, 2.24) is 10.3 Å². The van der Waals surface area contributed by atoms with Crippen molar-refractivity contribution in [2.45, 2.75) is 39.8 Å². The highest BCUT2D eigenvalue weighted by Crippen LogP contribution is 2.36. The van der Waals surface area contributed by atoms with Crippen LogP contribution in [0.5, 0.6) is 11.5 Å². The number of aromatic nitrogens is 1. The number of carbonyl (C=O) groups is 1. The minimum absolute atomic E-state index is 0.215. The van der Waals surface area contributed by atoms with Crippen LogP contribution in [0, 0.1) is 6.92 Å². The highest BCUT2D eigenvalue weighted by molar-refractivity contribution is 5.77. The molecule has 1 unspecified atom stereocenters. The number of fused-ring (bicyclic) bond motifs is 1. The predicted octanol–water partition coefficient (Wildman–Crippen LogP) is 4.95. The van der Waals surface area contributed by atoms with Gasteiger partial charge in [0.25, 0.3) is 0 Å². The molecule has 1 aliphatic rings. The molecule has 0 amide bonds. The lowest BCUT2D eigenvalue weighted by Gasteiger charge is -2.19. The van der Waals surface area contributed by atoms with Crippen LogP contribution in [0.3, 0.4) is 0 Å². The van der Waals surface area contributed by atoms with Crippen LogP contribution in [-0.2, 0) is 11.3 Å². The zero-order chi connectivity index (χ0) is 25.9. The maximum absolute atomic E-state index is 10.6. The fourth-order valence-corrected chi connectivity index (χ4v) is 3.83. The maximum atomic E-state index is 10.6. The van der Waals surface area contributed by atoms with E-state index in [2.05, 4.69) is 41.5 Å². The number of carboxylic acids is 1. The molecule has 0 spiro atoms. The normalized spacial score (nSPS) is 13.1. The summed E-state index contributed by atoms with van der Waals surface area (Å²) in [5, 5.41) is 21.3. The molecule has 3 aromatic rings. The molecular weight excluding hydrogens is 456 g/mol. The number of ether oxygens (including phenoxy) is 2. The van der Waals surface area contributed by atoms with Gasteiger partial charge in [0, 0.05) is 19.3 Å². The van der Waals surface area contributed by atoms with Gasteiger partial charge in [-0.15, -0.1) is 0 Å². The Kier molecular flexibility index (Phi) is 10.0. The van der Waals surface area contributed by atoms with Crippen molar-refractivity contribution >= 4 is 18.1 Å². The minimum Gasteiger partial charge on any atom is -0.486 e. The van der Waals surface area contributed by atoms with Gasteiger partial charge in [-0.3, -0.25) is 9.78 Å². The lowest BCUT2D eigenvalue weighted by atomic mass is 9.95. The van der Waals surface area contributed by atoms with Crippen molar-refractivity contribution in [2.24, 2.45) is 0 Å². The number of hydrogen-bond donors (Lipinski definition) is 3. The fourth-order valence-electron chi connectivity index (χ4n) is 3.83. The largest absolute Gasteiger partial charge is 0.486 e. The molecular formula is C29H34N2O5. The molecule has 1 aliphatic heterocycles. The Balaban J connectivity index is 0.00000176. The molecule has 7 nitrogen and oxygen atoms in total. The van der Waals surface area contributed by atoms with Gasteiger partial charge in [-0.2, -0.15) is 0 Å². The lowest BCUT2D eigenvalue weighted by Crippen LogP contribution is -2.28. The van der Waals surface area contributed by atoms with Crippen LogP contribution < -0.4 is 14.8 Å². The summed E-state index contributed by atoms with van der Waals surface area (Å²) in [6.45, 7) is 7.96. The number of hydrogen-bond acceptors (Lipinski definition) is 6. The van der Waals surface area contributed by atoms with Gasteiger partial charge in [-0.05, 0) is 59.0 Å². The van der Waals surface area contributed by atoms with Crippen LogP contribution in [0.4, 0.5) is 0 Å². The Morgan fingerprint density at radius 1 is 1.08 bits per heavy atom. The topological polar surface area (TPSA) is 101 Å². The molecule has 2 aromatic carbocycles. The number of nitrogens with zero attached hydrogens (tertiary/aromatic N) is 1. The Hall–Kier alpha value is -3.68. The molecule has 0 fully saturated rings. The SMILES string of the molecule is CC.Cc1c(/C=C/c2ccc(CNCC(O)CC(=O)O)cn2)cccc1-c1ccc2c(c1)OCCO2. The predicted molar refractivity (Wildman–Crippen MR) is 142 cm³/mol. The van der Waals surface area contributed by atoms with Crippen molar-refractivity contribution in [1.29, 1.82) is 0 Å². The summed E-state index contributed by atoms with van der Waals surface area (Å²) in [7, 11) is 0. The second-order valence-corrected chi connectivity index (χ2v) is 8.19. The second-order valence-electron chi connectivity index (χ2n) is 8.19. The highest BCUT2D eigenvalue weighted by atomic mass is 16.6. The molecule has 190 valence electrons. The Labute approximate surface area is 212 Å². The minimum atomic E-state index is -1.01. The summed E-state index contributed by atoms with van der Waals surface area (Å²) in [4.78, 5) is 15.1. The first kappa shape index (κ1) is 26.9. The average Bonchev–Trinajstić information content (AvgIpc) is 2.89. The molecule has 0 aliphatic carbocycles. The van der Waals surface area contributed by atoms with E-state index in [1.165, 1.54) is 0 Å². The zero-order valence-electron chi connectivity index (χ0n) is 21.0. The van der Waals surface area contributed by atoms with Gasteiger partial charge in [0.05, 0.1) is 18.2 Å². The third kappa shape index (κ3) is 7.41. The number of carboxylic acid groups (broad SMARTS) is 1. The molecule has 36 heavy (non-hydrogen) atoms. The van der Waals surface area contributed by atoms with Gasteiger partial charge < -0.3 is 25.0 Å². The van der Waals surface area contributed by atoms with Crippen LogP contribution in [0.15, 0.2) is 54.7 Å². The average molecular weight is 491 g/mol.